The van der Waals surface area contributed by atoms with Crippen LogP contribution in [0, 0.1) is 28.6 Å². The molecule has 25 heavy (non-hydrogen) atoms. The van der Waals surface area contributed by atoms with E-state index >= 15 is 0 Å². The Balaban J connectivity index is 1.79. The van der Waals surface area contributed by atoms with E-state index < -0.39 is 17.5 Å². The minimum absolute atomic E-state index is 0.00569. The predicted octanol–water partition coefficient (Wildman–Crippen LogP) is 0.515. The van der Waals surface area contributed by atoms with E-state index in [9.17, 15) is 23.2 Å². The molecule has 0 aromatic rings. The Hall–Kier alpha value is -0.780. The molecule has 140 valence electrons. The quantitative estimate of drug-likeness (QED) is 0.257. The van der Waals surface area contributed by atoms with Crippen LogP contribution in [0.5, 0.6) is 0 Å². The molecule has 3 nitrogen and oxygen atoms in total. The minimum atomic E-state index is -4.39. The first-order valence-electron chi connectivity index (χ1n) is 8.83. The van der Waals surface area contributed by atoms with Crippen molar-refractivity contribution < 1.29 is 39.2 Å². The summed E-state index contributed by atoms with van der Waals surface area (Å²) in [7, 11) is 0. The van der Waals surface area contributed by atoms with E-state index in [0.717, 1.165) is 18.9 Å². The van der Waals surface area contributed by atoms with E-state index in [2.05, 4.69) is 0 Å². The molecule has 1 aliphatic carbocycles. The molecule has 1 amide bonds. The third-order valence-electron chi connectivity index (χ3n) is 6.03. The summed E-state index contributed by atoms with van der Waals surface area (Å²) in [6, 6.07) is 1.75. The molecule has 2 aliphatic heterocycles. The monoisotopic (exact) mass is 467 g/mol. The van der Waals surface area contributed by atoms with Crippen LogP contribution in [-0.4, -0.2) is 38.4 Å². The van der Waals surface area contributed by atoms with Crippen molar-refractivity contribution in [2.75, 3.05) is 15.4 Å². The van der Waals surface area contributed by atoms with Gasteiger partial charge in [0.05, 0.1) is 0 Å². The van der Waals surface area contributed by atoms with Gasteiger partial charge in [-0.15, -0.1) is 0 Å². The molecule has 3 unspecified atom stereocenters. The maximum atomic E-state index is 13.2. The third-order valence-corrected chi connectivity index (χ3v) is 8.80. The van der Waals surface area contributed by atoms with Crippen LogP contribution in [0.15, 0.2) is 11.6 Å². The molecule has 3 rings (SSSR count). The van der Waals surface area contributed by atoms with Gasteiger partial charge < -0.3 is 0 Å². The van der Waals surface area contributed by atoms with Gasteiger partial charge in [-0.1, -0.05) is 0 Å². The van der Waals surface area contributed by atoms with Crippen LogP contribution in [0.1, 0.15) is 39.0 Å². The van der Waals surface area contributed by atoms with Crippen LogP contribution in [0.25, 0.3) is 0 Å². The number of allylic oxidation sites excluding steroid dienone is 1. The Labute approximate surface area is 156 Å². The van der Waals surface area contributed by atoms with Crippen molar-refractivity contribution in [1.82, 2.24) is 4.90 Å². The SMILES string of the molecule is CC1C2CC[I-]CCC2CCN1C(=O)/C(C#N)=C\C1(C(F)(F)F)CC1. The van der Waals surface area contributed by atoms with Crippen LogP contribution in [0.2, 0.25) is 0 Å². The number of fused-ring (bicyclic) bond motifs is 1. The number of likely N-dealkylation sites (tertiary alicyclic amines) is 1. The van der Waals surface area contributed by atoms with E-state index in [-0.39, 0.29) is 45.7 Å². The van der Waals surface area contributed by atoms with E-state index in [4.69, 9.17) is 0 Å². The normalized spacial score (nSPS) is 32.7. The van der Waals surface area contributed by atoms with Gasteiger partial charge in [-0.3, -0.25) is 0 Å². The van der Waals surface area contributed by atoms with E-state index in [0.29, 0.717) is 18.4 Å². The summed E-state index contributed by atoms with van der Waals surface area (Å²) in [4.78, 5) is 14.5. The van der Waals surface area contributed by atoms with Gasteiger partial charge in [-0.2, -0.15) is 0 Å². The van der Waals surface area contributed by atoms with Crippen LogP contribution in [0.4, 0.5) is 13.2 Å². The molecule has 0 N–H and O–H groups in total. The number of rotatable bonds is 2. The summed E-state index contributed by atoms with van der Waals surface area (Å²) in [6.07, 6.45) is -0.305. The van der Waals surface area contributed by atoms with Gasteiger partial charge in [0.1, 0.15) is 0 Å². The zero-order chi connectivity index (χ0) is 18.2. The Morgan fingerprint density at radius 2 is 1.96 bits per heavy atom. The van der Waals surface area contributed by atoms with Crippen molar-refractivity contribution in [3.8, 4) is 6.07 Å². The summed E-state index contributed by atoms with van der Waals surface area (Å²) in [5.74, 6) is 0.543. The Bertz CT molecular complexity index is 606. The molecular formula is C18H23F3IN2O-. The van der Waals surface area contributed by atoms with Gasteiger partial charge in [0, 0.05) is 0 Å². The van der Waals surface area contributed by atoms with Crippen molar-refractivity contribution in [3.63, 3.8) is 0 Å². The van der Waals surface area contributed by atoms with E-state index in [1.165, 1.54) is 15.3 Å². The first-order chi connectivity index (χ1) is 11.8. The Morgan fingerprint density at radius 3 is 2.56 bits per heavy atom. The molecule has 7 heteroatoms. The van der Waals surface area contributed by atoms with Gasteiger partial charge in [0.15, 0.2) is 0 Å². The molecule has 0 spiro atoms. The molecule has 2 heterocycles. The standard InChI is InChI=1S/C18H23F3IN2O/c1-12-15-3-8-22-7-2-13(15)4-9-24(12)16(25)14(11-23)10-17(5-6-17)18(19,20)21/h10,12-13,15H,2-9H2,1H3/q-1/b14-10-. The number of amides is 1. The second-order valence-corrected chi connectivity index (χ2v) is 10.7. The fourth-order valence-corrected chi connectivity index (χ4v) is 7.14. The van der Waals surface area contributed by atoms with Crippen molar-refractivity contribution in [2.45, 2.75) is 51.2 Å². The summed E-state index contributed by atoms with van der Waals surface area (Å²) >= 11 is 0.266. The topological polar surface area (TPSA) is 44.1 Å². The number of carbonyl (C=O) groups is 1. The summed E-state index contributed by atoms with van der Waals surface area (Å²) in [5, 5.41) is 9.32. The van der Waals surface area contributed by atoms with Crippen molar-refractivity contribution in [2.24, 2.45) is 17.3 Å². The molecule has 2 saturated heterocycles. The van der Waals surface area contributed by atoms with Crippen LogP contribution < -0.4 is 21.2 Å². The van der Waals surface area contributed by atoms with Gasteiger partial charge in [-0.25, -0.2) is 0 Å². The number of nitrogens with zero attached hydrogens (tertiary/aromatic N) is 2. The van der Waals surface area contributed by atoms with Crippen LogP contribution in [-0.2, 0) is 4.79 Å². The number of hydrogen-bond acceptors (Lipinski definition) is 2. The molecule has 0 radical (unpaired) electrons. The molecule has 3 aliphatic rings. The first kappa shape index (κ1) is 19.0. The van der Waals surface area contributed by atoms with Crippen LogP contribution >= 0.6 is 0 Å². The molecular weight excluding hydrogens is 444 g/mol. The summed E-state index contributed by atoms with van der Waals surface area (Å²) < 4.78 is 42.1. The van der Waals surface area contributed by atoms with Crippen molar-refractivity contribution in [3.05, 3.63) is 11.6 Å². The molecule has 1 saturated carbocycles. The maximum absolute atomic E-state index is 13.2. The van der Waals surface area contributed by atoms with Gasteiger partial charge in [-0.05, 0) is 0 Å². The van der Waals surface area contributed by atoms with Crippen molar-refractivity contribution >= 4 is 5.91 Å². The molecule has 3 atom stereocenters. The first-order valence-corrected chi connectivity index (χ1v) is 11.9. The number of halogens is 4. The predicted molar refractivity (Wildman–Crippen MR) is 83.2 cm³/mol. The second kappa shape index (κ2) is 7.09. The number of nitriles is 1. The zero-order valence-electron chi connectivity index (χ0n) is 14.3. The average molecular weight is 467 g/mol. The second-order valence-electron chi connectivity index (χ2n) is 7.42. The summed E-state index contributed by atoms with van der Waals surface area (Å²) in [5.41, 5.74) is -2.29. The fourth-order valence-electron chi connectivity index (χ4n) is 4.20. The number of alkyl halides is 5. The number of piperidine rings is 1. The van der Waals surface area contributed by atoms with Crippen LogP contribution in [0.3, 0.4) is 0 Å². The van der Waals surface area contributed by atoms with E-state index in [1.807, 2.05) is 6.92 Å². The Morgan fingerprint density at radius 1 is 1.28 bits per heavy atom. The molecule has 0 aromatic carbocycles. The summed E-state index contributed by atoms with van der Waals surface area (Å²) in [6.45, 7) is 2.56. The van der Waals surface area contributed by atoms with Gasteiger partial charge in [0.25, 0.3) is 0 Å². The van der Waals surface area contributed by atoms with E-state index in [1.54, 1.807) is 11.0 Å². The van der Waals surface area contributed by atoms with Gasteiger partial charge >= 0.3 is 157 Å². The zero-order valence-corrected chi connectivity index (χ0v) is 16.4. The Kier molecular flexibility index (Phi) is 5.38. The van der Waals surface area contributed by atoms with Crippen molar-refractivity contribution in [1.29, 1.82) is 5.26 Å². The van der Waals surface area contributed by atoms with Gasteiger partial charge in [0.2, 0.25) is 0 Å². The fraction of sp³-hybridized carbons (Fsp3) is 0.778. The third kappa shape index (κ3) is 3.69. The average Bonchev–Trinajstić information content (AvgIpc) is 3.36. The molecule has 0 bridgehead atoms. The molecule has 0 aromatic heterocycles. The molecule has 3 fully saturated rings. The number of carbonyl (C=O) groups excluding carboxylic acids is 1. The number of hydrogen-bond donors (Lipinski definition) is 0.